The van der Waals surface area contributed by atoms with Crippen molar-refractivity contribution >= 4 is 5.78 Å². The third-order valence-corrected chi connectivity index (χ3v) is 1.58. The van der Waals surface area contributed by atoms with Crippen molar-refractivity contribution in [3.8, 4) is 0 Å². The molecular formula is C10H11O2. The fraction of sp³-hybridized carbons (Fsp3) is 0.300. The van der Waals surface area contributed by atoms with Crippen LogP contribution in [-0.4, -0.2) is 11.4 Å². The first kappa shape index (κ1) is 8.94. The van der Waals surface area contributed by atoms with Crippen molar-refractivity contribution in [3.05, 3.63) is 35.9 Å². The molecule has 0 aliphatic carbocycles. The van der Waals surface area contributed by atoms with Crippen LogP contribution in [0, 0.1) is 0 Å². The van der Waals surface area contributed by atoms with Gasteiger partial charge in [-0.2, -0.15) is 0 Å². The van der Waals surface area contributed by atoms with E-state index in [1.54, 1.807) is 24.3 Å². The van der Waals surface area contributed by atoms with Crippen LogP contribution < -0.4 is 0 Å². The molecule has 2 heteroatoms. The molecule has 63 valence electrons. The lowest BCUT2D eigenvalue weighted by Gasteiger charge is -2.11. The Bertz CT molecular complexity index is 270. The van der Waals surface area contributed by atoms with Crippen LogP contribution in [0.25, 0.3) is 0 Å². The van der Waals surface area contributed by atoms with Crippen molar-refractivity contribution in [1.29, 1.82) is 0 Å². The van der Waals surface area contributed by atoms with Gasteiger partial charge in [-0.1, -0.05) is 30.3 Å². The molecule has 0 saturated carbocycles. The first-order chi connectivity index (χ1) is 5.52. The van der Waals surface area contributed by atoms with E-state index in [0.29, 0.717) is 5.56 Å². The largest absolute Gasteiger partial charge is 0.291 e. The van der Waals surface area contributed by atoms with Gasteiger partial charge in [-0.05, 0) is 13.8 Å². The number of carbonyl (C=O) groups is 1. The highest BCUT2D eigenvalue weighted by atomic mass is 16.3. The highest BCUT2D eigenvalue weighted by molar-refractivity contribution is 6.01. The first-order valence-corrected chi connectivity index (χ1v) is 3.82. The molecule has 1 rings (SSSR count). The van der Waals surface area contributed by atoms with Gasteiger partial charge in [0, 0.05) is 5.56 Å². The van der Waals surface area contributed by atoms with Gasteiger partial charge in [0.1, 0.15) is 0 Å². The maximum absolute atomic E-state index is 11.4. The van der Waals surface area contributed by atoms with Crippen molar-refractivity contribution in [2.75, 3.05) is 0 Å². The zero-order chi connectivity index (χ0) is 9.19. The van der Waals surface area contributed by atoms with Crippen LogP contribution in [0.15, 0.2) is 30.3 Å². The summed E-state index contributed by atoms with van der Waals surface area (Å²) in [6.45, 7) is 2.75. The molecule has 1 aromatic carbocycles. The standard InChI is InChI=1S/C10H11O2/c1-10(2,12)9(11)8-6-4-3-5-7-8/h3-7H,1-2H3. The SMILES string of the molecule is CC(C)([O])C(=O)c1ccccc1. The molecule has 12 heavy (non-hydrogen) atoms. The van der Waals surface area contributed by atoms with E-state index in [-0.39, 0.29) is 5.78 Å². The van der Waals surface area contributed by atoms with Crippen LogP contribution in [-0.2, 0) is 5.11 Å². The molecule has 0 aliphatic rings. The fourth-order valence-electron chi connectivity index (χ4n) is 0.937. The molecule has 0 amide bonds. The fourth-order valence-corrected chi connectivity index (χ4v) is 0.937. The molecule has 2 nitrogen and oxygen atoms in total. The average Bonchev–Trinajstić information content (AvgIpc) is 2.03. The Balaban J connectivity index is 2.94. The van der Waals surface area contributed by atoms with Gasteiger partial charge in [0.05, 0.1) is 0 Å². The molecule has 0 aliphatic heterocycles. The molecule has 1 aromatic rings. The minimum absolute atomic E-state index is 0.358. The molecule has 0 spiro atoms. The topological polar surface area (TPSA) is 37.0 Å². The van der Waals surface area contributed by atoms with Crippen molar-refractivity contribution in [2.24, 2.45) is 0 Å². The summed E-state index contributed by atoms with van der Waals surface area (Å²) in [5.74, 6) is -0.358. The highest BCUT2D eigenvalue weighted by Crippen LogP contribution is 2.12. The molecule has 0 N–H and O–H groups in total. The monoisotopic (exact) mass is 163 g/mol. The third-order valence-electron chi connectivity index (χ3n) is 1.58. The number of hydrogen-bond acceptors (Lipinski definition) is 1. The summed E-state index contributed by atoms with van der Waals surface area (Å²) in [6.07, 6.45) is 0. The summed E-state index contributed by atoms with van der Waals surface area (Å²) in [5.41, 5.74) is -1.04. The Morgan fingerprint density at radius 1 is 1.17 bits per heavy atom. The molecule has 0 fully saturated rings. The Morgan fingerprint density at radius 2 is 1.67 bits per heavy atom. The molecule has 0 heterocycles. The number of carbonyl (C=O) groups excluding carboxylic acids is 1. The van der Waals surface area contributed by atoms with Gasteiger partial charge in [0.15, 0.2) is 11.4 Å². The quantitative estimate of drug-likeness (QED) is 0.615. The van der Waals surface area contributed by atoms with Gasteiger partial charge in [0.2, 0.25) is 0 Å². The van der Waals surface area contributed by atoms with Crippen LogP contribution in [0.3, 0.4) is 0 Å². The molecule has 0 bridgehead atoms. The number of benzene rings is 1. The van der Waals surface area contributed by atoms with E-state index in [0.717, 1.165) is 0 Å². The van der Waals surface area contributed by atoms with Crippen LogP contribution in [0.2, 0.25) is 0 Å². The van der Waals surface area contributed by atoms with Crippen LogP contribution in [0.4, 0.5) is 0 Å². The smallest absolute Gasteiger partial charge is 0.197 e. The zero-order valence-electron chi connectivity index (χ0n) is 7.20. The average molecular weight is 163 g/mol. The molecule has 1 radical (unpaired) electrons. The molecular weight excluding hydrogens is 152 g/mol. The molecule has 0 atom stereocenters. The first-order valence-electron chi connectivity index (χ1n) is 3.82. The highest BCUT2D eigenvalue weighted by Gasteiger charge is 2.26. The van der Waals surface area contributed by atoms with Crippen molar-refractivity contribution < 1.29 is 9.90 Å². The predicted molar refractivity (Wildman–Crippen MR) is 45.5 cm³/mol. The van der Waals surface area contributed by atoms with E-state index in [9.17, 15) is 9.90 Å². The van der Waals surface area contributed by atoms with E-state index in [4.69, 9.17) is 0 Å². The van der Waals surface area contributed by atoms with E-state index in [1.807, 2.05) is 6.07 Å². The normalized spacial score (nSPS) is 11.2. The Hall–Kier alpha value is -1.15. The second-order valence-corrected chi connectivity index (χ2v) is 3.21. The van der Waals surface area contributed by atoms with Gasteiger partial charge in [-0.25, -0.2) is 5.11 Å². The summed E-state index contributed by atoms with van der Waals surface area (Å²) in [5, 5.41) is 11.3. The van der Waals surface area contributed by atoms with Gasteiger partial charge < -0.3 is 0 Å². The summed E-state index contributed by atoms with van der Waals surface area (Å²) >= 11 is 0. The summed E-state index contributed by atoms with van der Waals surface area (Å²) in [7, 11) is 0. The third kappa shape index (κ3) is 1.92. The van der Waals surface area contributed by atoms with Crippen LogP contribution in [0.5, 0.6) is 0 Å². The second-order valence-electron chi connectivity index (χ2n) is 3.21. The Kier molecular flexibility index (Phi) is 2.29. The number of Topliss-reactive ketones (excluding diaryl/α,β-unsaturated/α-hetero) is 1. The number of hydrogen-bond donors (Lipinski definition) is 0. The van der Waals surface area contributed by atoms with E-state index >= 15 is 0 Å². The maximum Gasteiger partial charge on any atom is 0.197 e. The van der Waals surface area contributed by atoms with Crippen LogP contribution in [0.1, 0.15) is 24.2 Å². The number of ketones is 1. The summed E-state index contributed by atoms with van der Waals surface area (Å²) in [6, 6.07) is 8.62. The Labute approximate surface area is 71.8 Å². The van der Waals surface area contributed by atoms with Crippen molar-refractivity contribution in [1.82, 2.24) is 0 Å². The van der Waals surface area contributed by atoms with E-state index in [1.165, 1.54) is 13.8 Å². The summed E-state index contributed by atoms with van der Waals surface area (Å²) < 4.78 is 0. The van der Waals surface area contributed by atoms with E-state index < -0.39 is 5.60 Å². The zero-order valence-corrected chi connectivity index (χ0v) is 7.20. The lowest BCUT2D eigenvalue weighted by molar-refractivity contribution is 0.0114. The minimum atomic E-state index is -1.53. The van der Waals surface area contributed by atoms with Crippen LogP contribution >= 0.6 is 0 Å². The van der Waals surface area contributed by atoms with Gasteiger partial charge in [-0.3, -0.25) is 4.79 Å². The lowest BCUT2D eigenvalue weighted by atomic mass is 9.97. The van der Waals surface area contributed by atoms with Crippen molar-refractivity contribution in [2.45, 2.75) is 19.4 Å². The molecule has 0 unspecified atom stereocenters. The predicted octanol–water partition coefficient (Wildman–Crippen LogP) is 2.08. The van der Waals surface area contributed by atoms with Gasteiger partial charge in [0.25, 0.3) is 0 Å². The second kappa shape index (κ2) is 3.07. The maximum atomic E-state index is 11.4. The summed E-state index contributed by atoms with van der Waals surface area (Å²) in [4.78, 5) is 11.4. The van der Waals surface area contributed by atoms with Crippen molar-refractivity contribution in [3.63, 3.8) is 0 Å². The van der Waals surface area contributed by atoms with Gasteiger partial charge >= 0.3 is 0 Å². The molecule has 0 aromatic heterocycles. The number of rotatable bonds is 2. The van der Waals surface area contributed by atoms with Gasteiger partial charge in [-0.15, -0.1) is 0 Å². The Morgan fingerprint density at radius 3 is 2.08 bits per heavy atom. The lowest BCUT2D eigenvalue weighted by Crippen LogP contribution is -2.29. The molecule has 0 saturated heterocycles. The van der Waals surface area contributed by atoms with E-state index in [2.05, 4.69) is 0 Å². The minimum Gasteiger partial charge on any atom is -0.291 e.